The van der Waals surface area contributed by atoms with Crippen LogP contribution in [0.1, 0.15) is 11.1 Å². The molecule has 0 aliphatic rings. The van der Waals surface area contributed by atoms with E-state index in [4.69, 9.17) is 4.74 Å². The smallest absolute Gasteiger partial charge is 0.314 e. The average molecular weight is 225 g/mol. The Morgan fingerprint density at radius 3 is 2.18 bits per heavy atom. The molecule has 0 spiro atoms. The second-order valence-electron chi connectivity index (χ2n) is 3.65. The molecule has 2 aromatic rings. The molecule has 1 radical (unpaired) electrons. The van der Waals surface area contributed by atoms with Gasteiger partial charge < -0.3 is 4.74 Å². The zero-order valence-electron chi connectivity index (χ0n) is 9.37. The van der Waals surface area contributed by atoms with Crippen LogP contribution in [0.25, 0.3) is 0 Å². The number of esters is 1. The van der Waals surface area contributed by atoms with Gasteiger partial charge in [-0.3, -0.25) is 4.79 Å². The first kappa shape index (κ1) is 11.4. The van der Waals surface area contributed by atoms with E-state index in [0.717, 1.165) is 11.1 Å². The van der Waals surface area contributed by atoms with Gasteiger partial charge in [0.05, 0.1) is 6.42 Å². The third-order valence-corrected chi connectivity index (χ3v) is 2.31. The monoisotopic (exact) mass is 225 g/mol. The zero-order chi connectivity index (χ0) is 11.9. The van der Waals surface area contributed by atoms with E-state index in [9.17, 15) is 4.79 Å². The molecule has 0 saturated carbocycles. The molecule has 2 nitrogen and oxygen atoms in total. The summed E-state index contributed by atoms with van der Waals surface area (Å²) in [6.45, 7) is 0.309. The first-order valence-corrected chi connectivity index (χ1v) is 5.45. The topological polar surface area (TPSA) is 26.3 Å². The lowest BCUT2D eigenvalue weighted by Crippen LogP contribution is -2.05. The van der Waals surface area contributed by atoms with Crippen LogP contribution in [0.5, 0.6) is 0 Å². The largest absolute Gasteiger partial charge is 0.460 e. The molecule has 2 aromatic carbocycles. The van der Waals surface area contributed by atoms with E-state index in [1.807, 2.05) is 60.7 Å². The van der Waals surface area contributed by atoms with Crippen molar-refractivity contribution in [2.45, 2.75) is 6.61 Å². The minimum Gasteiger partial charge on any atom is -0.460 e. The highest BCUT2D eigenvalue weighted by molar-refractivity contribution is 5.83. The molecule has 0 fully saturated rings. The SMILES string of the molecule is O=C([CH]c1ccccc1)OCc1ccccc1. The van der Waals surface area contributed by atoms with Crippen LogP contribution >= 0.6 is 0 Å². The van der Waals surface area contributed by atoms with Crippen molar-refractivity contribution in [3.05, 3.63) is 78.2 Å². The highest BCUT2D eigenvalue weighted by Gasteiger charge is 2.05. The van der Waals surface area contributed by atoms with Crippen molar-refractivity contribution in [1.29, 1.82) is 0 Å². The Bertz CT molecular complexity index is 463. The zero-order valence-corrected chi connectivity index (χ0v) is 9.37. The first-order valence-electron chi connectivity index (χ1n) is 5.45. The molecule has 0 aliphatic carbocycles. The Balaban J connectivity index is 1.83. The minimum atomic E-state index is -0.319. The average Bonchev–Trinajstić information content (AvgIpc) is 2.39. The molecule has 0 aliphatic heterocycles. The van der Waals surface area contributed by atoms with Crippen LogP contribution in [0.2, 0.25) is 0 Å². The summed E-state index contributed by atoms with van der Waals surface area (Å²) < 4.78 is 5.14. The van der Waals surface area contributed by atoms with Gasteiger partial charge in [0.25, 0.3) is 0 Å². The van der Waals surface area contributed by atoms with Crippen molar-refractivity contribution in [1.82, 2.24) is 0 Å². The Labute approximate surface area is 101 Å². The number of rotatable bonds is 4. The number of benzene rings is 2. The van der Waals surface area contributed by atoms with Gasteiger partial charge >= 0.3 is 5.97 Å². The lowest BCUT2D eigenvalue weighted by atomic mass is 10.1. The second-order valence-corrected chi connectivity index (χ2v) is 3.65. The van der Waals surface area contributed by atoms with E-state index in [1.54, 1.807) is 0 Å². The van der Waals surface area contributed by atoms with E-state index in [1.165, 1.54) is 6.42 Å². The van der Waals surface area contributed by atoms with E-state index >= 15 is 0 Å². The molecule has 0 aromatic heterocycles. The standard InChI is InChI=1S/C15H13O2/c16-15(11-13-7-3-1-4-8-13)17-12-14-9-5-2-6-10-14/h1-11H,12H2. The van der Waals surface area contributed by atoms with Gasteiger partial charge in [0.2, 0.25) is 0 Å². The van der Waals surface area contributed by atoms with Crippen molar-refractivity contribution in [2.24, 2.45) is 0 Å². The van der Waals surface area contributed by atoms with Gasteiger partial charge in [-0.25, -0.2) is 0 Å². The van der Waals surface area contributed by atoms with E-state index < -0.39 is 0 Å². The lowest BCUT2D eigenvalue weighted by molar-refractivity contribution is -0.140. The van der Waals surface area contributed by atoms with Gasteiger partial charge in [-0.1, -0.05) is 60.7 Å². The number of hydrogen-bond donors (Lipinski definition) is 0. The van der Waals surface area contributed by atoms with Gasteiger partial charge in [-0.15, -0.1) is 0 Å². The van der Waals surface area contributed by atoms with Gasteiger partial charge in [0, 0.05) is 0 Å². The molecule has 0 saturated heterocycles. The van der Waals surface area contributed by atoms with Gasteiger partial charge in [0.1, 0.15) is 6.61 Å². The van der Waals surface area contributed by atoms with Gasteiger partial charge in [-0.05, 0) is 11.1 Å². The molecule has 0 atom stereocenters. The van der Waals surface area contributed by atoms with Gasteiger partial charge in [-0.2, -0.15) is 0 Å². The van der Waals surface area contributed by atoms with Crippen molar-refractivity contribution in [3.63, 3.8) is 0 Å². The molecule has 0 bridgehead atoms. The van der Waals surface area contributed by atoms with Crippen LogP contribution < -0.4 is 0 Å². The normalized spacial score (nSPS) is 9.88. The fourth-order valence-electron chi connectivity index (χ4n) is 1.46. The number of carbonyl (C=O) groups excluding carboxylic acids is 1. The van der Waals surface area contributed by atoms with Crippen LogP contribution in [-0.2, 0) is 16.1 Å². The lowest BCUT2D eigenvalue weighted by Gasteiger charge is -2.04. The summed E-state index contributed by atoms with van der Waals surface area (Å²) in [5.74, 6) is -0.319. The Kier molecular flexibility index (Phi) is 3.92. The predicted octanol–water partition coefficient (Wildman–Crippen LogP) is 2.98. The maximum absolute atomic E-state index is 11.5. The third kappa shape index (κ3) is 3.76. The second kappa shape index (κ2) is 5.85. The molecular formula is C15H13O2. The van der Waals surface area contributed by atoms with E-state index in [0.29, 0.717) is 6.61 Å². The fraction of sp³-hybridized carbons (Fsp3) is 0.0667. The van der Waals surface area contributed by atoms with Crippen LogP contribution in [0.3, 0.4) is 0 Å². The molecule has 0 N–H and O–H groups in total. The number of ether oxygens (including phenoxy) is 1. The van der Waals surface area contributed by atoms with E-state index in [-0.39, 0.29) is 5.97 Å². The van der Waals surface area contributed by atoms with E-state index in [2.05, 4.69) is 0 Å². The van der Waals surface area contributed by atoms with Crippen molar-refractivity contribution >= 4 is 5.97 Å². The summed E-state index contributed by atoms with van der Waals surface area (Å²) >= 11 is 0. The highest BCUT2D eigenvalue weighted by Crippen LogP contribution is 2.06. The van der Waals surface area contributed by atoms with Crippen LogP contribution in [0.15, 0.2) is 60.7 Å². The molecule has 2 rings (SSSR count). The summed E-state index contributed by atoms with van der Waals surface area (Å²) in [6.07, 6.45) is 1.49. The van der Waals surface area contributed by atoms with Crippen LogP contribution in [-0.4, -0.2) is 5.97 Å². The fourth-order valence-corrected chi connectivity index (χ4v) is 1.46. The maximum atomic E-state index is 11.5. The Morgan fingerprint density at radius 2 is 1.53 bits per heavy atom. The van der Waals surface area contributed by atoms with Crippen LogP contribution in [0.4, 0.5) is 0 Å². The molecule has 0 amide bonds. The van der Waals surface area contributed by atoms with Crippen molar-refractivity contribution in [2.75, 3.05) is 0 Å². The molecule has 2 heteroatoms. The molecule has 0 heterocycles. The first-order chi connectivity index (χ1) is 8.34. The molecule has 17 heavy (non-hydrogen) atoms. The summed E-state index contributed by atoms with van der Waals surface area (Å²) in [7, 11) is 0. The molecule has 0 unspecified atom stereocenters. The summed E-state index contributed by atoms with van der Waals surface area (Å²) in [5.41, 5.74) is 1.84. The molecular weight excluding hydrogens is 212 g/mol. The maximum Gasteiger partial charge on any atom is 0.314 e. The summed E-state index contributed by atoms with van der Waals surface area (Å²) in [5, 5.41) is 0. The number of hydrogen-bond acceptors (Lipinski definition) is 2. The summed E-state index contributed by atoms with van der Waals surface area (Å²) in [6, 6.07) is 19.0. The highest BCUT2D eigenvalue weighted by atomic mass is 16.5. The van der Waals surface area contributed by atoms with Gasteiger partial charge in [0.15, 0.2) is 0 Å². The Hall–Kier alpha value is -2.09. The van der Waals surface area contributed by atoms with Crippen molar-refractivity contribution < 1.29 is 9.53 Å². The minimum absolute atomic E-state index is 0.309. The van der Waals surface area contributed by atoms with Crippen LogP contribution in [0, 0.1) is 6.42 Å². The number of carbonyl (C=O) groups is 1. The molecule has 85 valence electrons. The Morgan fingerprint density at radius 1 is 0.941 bits per heavy atom. The third-order valence-electron chi connectivity index (χ3n) is 2.31. The summed E-state index contributed by atoms with van der Waals surface area (Å²) in [4.78, 5) is 11.5. The predicted molar refractivity (Wildman–Crippen MR) is 66.1 cm³/mol. The quantitative estimate of drug-likeness (QED) is 0.748. The van der Waals surface area contributed by atoms with Crippen molar-refractivity contribution in [3.8, 4) is 0 Å².